The van der Waals surface area contributed by atoms with Crippen LogP contribution in [0.15, 0.2) is 0 Å². The molecule has 0 aromatic heterocycles. The molecule has 0 aromatic carbocycles. The molecule has 102 valence electrons. The highest BCUT2D eigenvalue weighted by molar-refractivity contribution is 5.76. The number of carbonyl (C=O) groups is 1. The van der Waals surface area contributed by atoms with Crippen LogP contribution in [-0.2, 0) is 4.79 Å². The number of rotatable bonds is 10. The number of amides is 1. The van der Waals surface area contributed by atoms with E-state index in [0.717, 1.165) is 25.9 Å². The van der Waals surface area contributed by atoms with Gasteiger partial charge in [0.1, 0.15) is 0 Å². The molecule has 0 aliphatic rings. The van der Waals surface area contributed by atoms with E-state index in [0.29, 0.717) is 11.8 Å². The lowest BCUT2D eigenvalue weighted by Crippen LogP contribution is -2.30. The minimum Gasteiger partial charge on any atom is -0.343 e. The number of hydrogen-bond donors (Lipinski definition) is 0. The first kappa shape index (κ1) is 16.5. The molecule has 0 aromatic rings. The molecule has 2 nitrogen and oxygen atoms in total. The van der Waals surface area contributed by atoms with Gasteiger partial charge in [-0.2, -0.15) is 0 Å². The van der Waals surface area contributed by atoms with E-state index in [2.05, 4.69) is 27.7 Å². The largest absolute Gasteiger partial charge is 0.343 e. The number of nitrogens with zero attached hydrogens (tertiary/aromatic N) is 1. The van der Waals surface area contributed by atoms with Gasteiger partial charge in [-0.1, -0.05) is 46.0 Å². The summed E-state index contributed by atoms with van der Waals surface area (Å²) >= 11 is 0. The molecule has 1 atom stereocenters. The molecular weight excluding hydrogens is 210 g/mol. The summed E-state index contributed by atoms with van der Waals surface area (Å²) in [5.41, 5.74) is 0. The SMILES string of the molecule is CCCCCCC(C)CCC(=O)N(CC)CC. The summed E-state index contributed by atoms with van der Waals surface area (Å²) in [5.74, 6) is 1.03. The van der Waals surface area contributed by atoms with E-state index in [1.54, 1.807) is 0 Å². The molecule has 0 heterocycles. The topological polar surface area (TPSA) is 20.3 Å². The standard InChI is InChI=1S/C15H31NO/c1-5-8-9-10-11-14(4)12-13-15(17)16(6-2)7-3/h14H,5-13H2,1-4H3. The highest BCUT2D eigenvalue weighted by Crippen LogP contribution is 2.16. The molecule has 0 spiro atoms. The van der Waals surface area contributed by atoms with Crippen LogP contribution in [-0.4, -0.2) is 23.9 Å². The Morgan fingerprint density at radius 2 is 1.65 bits per heavy atom. The minimum atomic E-state index is 0.329. The van der Waals surface area contributed by atoms with E-state index in [-0.39, 0.29) is 0 Å². The summed E-state index contributed by atoms with van der Waals surface area (Å²) in [6.45, 7) is 10.3. The fourth-order valence-corrected chi connectivity index (χ4v) is 2.17. The van der Waals surface area contributed by atoms with Crippen molar-refractivity contribution in [3.05, 3.63) is 0 Å². The van der Waals surface area contributed by atoms with Crippen LogP contribution >= 0.6 is 0 Å². The third-order valence-electron chi connectivity index (χ3n) is 3.52. The van der Waals surface area contributed by atoms with Gasteiger partial charge in [0.25, 0.3) is 0 Å². The second kappa shape index (κ2) is 10.6. The summed E-state index contributed by atoms with van der Waals surface area (Å²) in [5, 5.41) is 0. The zero-order valence-electron chi connectivity index (χ0n) is 12.3. The predicted octanol–water partition coefficient (Wildman–Crippen LogP) is 4.24. The Balaban J connectivity index is 3.61. The molecule has 0 aliphatic heterocycles. The van der Waals surface area contributed by atoms with Gasteiger partial charge in [0.15, 0.2) is 0 Å². The summed E-state index contributed by atoms with van der Waals surface area (Å²) in [4.78, 5) is 13.7. The van der Waals surface area contributed by atoms with Gasteiger partial charge < -0.3 is 4.90 Å². The lowest BCUT2D eigenvalue weighted by atomic mass is 9.97. The fourth-order valence-electron chi connectivity index (χ4n) is 2.17. The predicted molar refractivity (Wildman–Crippen MR) is 75.1 cm³/mol. The smallest absolute Gasteiger partial charge is 0.222 e. The first-order chi connectivity index (χ1) is 8.15. The van der Waals surface area contributed by atoms with Crippen LogP contribution in [0.2, 0.25) is 0 Å². The second-order valence-electron chi connectivity index (χ2n) is 5.06. The molecular formula is C15H31NO. The van der Waals surface area contributed by atoms with Gasteiger partial charge in [-0.15, -0.1) is 0 Å². The van der Waals surface area contributed by atoms with E-state index in [1.165, 1.54) is 32.1 Å². The maximum Gasteiger partial charge on any atom is 0.222 e. The molecule has 17 heavy (non-hydrogen) atoms. The first-order valence-electron chi connectivity index (χ1n) is 7.43. The van der Waals surface area contributed by atoms with E-state index < -0.39 is 0 Å². The second-order valence-corrected chi connectivity index (χ2v) is 5.06. The monoisotopic (exact) mass is 241 g/mol. The first-order valence-corrected chi connectivity index (χ1v) is 7.43. The van der Waals surface area contributed by atoms with Crippen LogP contribution in [0.3, 0.4) is 0 Å². The van der Waals surface area contributed by atoms with Gasteiger partial charge in [0.2, 0.25) is 5.91 Å². The zero-order valence-corrected chi connectivity index (χ0v) is 12.3. The molecule has 0 aliphatic carbocycles. The molecule has 0 bridgehead atoms. The summed E-state index contributed by atoms with van der Waals surface area (Å²) in [6, 6.07) is 0. The third-order valence-corrected chi connectivity index (χ3v) is 3.52. The molecule has 1 amide bonds. The zero-order chi connectivity index (χ0) is 13.1. The van der Waals surface area contributed by atoms with Gasteiger partial charge in [-0.3, -0.25) is 4.79 Å². The van der Waals surface area contributed by atoms with Crippen LogP contribution in [0.4, 0.5) is 0 Å². The van der Waals surface area contributed by atoms with Gasteiger partial charge in [0.05, 0.1) is 0 Å². The molecule has 0 radical (unpaired) electrons. The molecule has 2 heteroatoms. The van der Waals surface area contributed by atoms with Crippen LogP contribution in [0.5, 0.6) is 0 Å². The van der Waals surface area contributed by atoms with Crippen molar-refractivity contribution in [1.82, 2.24) is 4.90 Å². The van der Waals surface area contributed by atoms with Crippen molar-refractivity contribution in [3.8, 4) is 0 Å². The van der Waals surface area contributed by atoms with Crippen molar-refractivity contribution in [1.29, 1.82) is 0 Å². The maximum absolute atomic E-state index is 11.8. The molecule has 0 fully saturated rings. The normalized spacial score (nSPS) is 12.5. The van der Waals surface area contributed by atoms with Crippen molar-refractivity contribution in [2.45, 2.75) is 72.6 Å². The minimum absolute atomic E-state index is 0.329. The third kappa shape index (κ3) is 8.23. The van der Waals surface area contributed by atoms with E-state index >= 15 is 0 Å². The average molecular weight is 241 g/mol. The Morgan fingerprint density at radius 3 is 2.18 bits per heavy atom. The highest BCUT2D eigenvalue weighted by Gasteiger charge is 2.11. The number of carbonyl (C=O) groups excluding carboxylic acids is 1. The van der Waals surface area contributed by atoms with Gasteiger partial charge in [-0.05, 0) is 26.2 Å². The van der Waals surface area contributed by atoms with E-state index in [4.69, 9.17) is 0 Å². The van der Waals surface area contributed by atoms with Crippen molar-refractivity contribution < 1.29 is 4.79 Å². The highest BCUT2D eigenvalue weighted by atomic mass is 16.2. The van der Waals surface area contributed by atoms with Crippen molar-refractivity contribution >= 4 is 5.91 Å². The average Bonchev–Trinajstić information content (AvgIpc) is 2.33. The summed E-state index contributed by atoms with van der Waals surface area (Å²) in [7, 11) is 0. The Morgan fingerprint density at radius 1 is 1.00 bits per heavy atom. The van der Waals surface area contributed by atoms with Gasteiger partial charge >= 0.3 is 0 Å². The molecule has 0 rings (SSSR count). The Kier molecular flexibility index (Phi) is 10.3. The number of hydrogen-bond acceptors (Lipinski definition) is 1. The van der Waals surface area contributed by atoms with Crippen LogP contribution in [0, 0.1) is 5.92 Å². The molecule has 0 N–H and O–H groups in total. The Bertz CT molecular complexity index is 187. The Hall–Kier alpha value is -0.530. The van der Waals surface area contributed by atoms with Crippen molar-refractivity contribution in [3.63, 3.8) is 0 Å². The quantitative estimate of drug-likeness (QED) is 0.524. The van der Waals surface area contributed by atoms with Crippen molar-refractivity contribution in [2.24, 2.45) is 5.92 Å². The van der Waals surface area contributed by atoms with E-state index in [9.17, 15) is 4.79 Å². The Labute approximate surface area is 108 Å². The van der Waals surface area contributed by atoms with Gasteiger partial charge in [-0.25, -0.2) is 0 Å². The van der Waals surface area contributed by atoms with Crippen molar-refractivity contribution in [2.75, 3.05) is 13.1 Å². The molecule has 0 saturated heterocycles. The van der Waals surface area contributed by atoms with Crippen LogP contribution in [0.25, 0.3) is 0 Å². The lowest BCUT2D eigenvalue weighted by molar-refractivity contribution is -0.131. The maximum atomic E-state index is 11.8. The summed E-state index contributed by atoms with van der Waals surface area (Å²) < 4.78 is 0. The van der Waals surface area contributed by atoms with Gasteiger partial charge in [0, 0.05) is 19.5 Å². The molecule has 1 unspecified atom stereocenters. The molecule has 0 saturated carbocycles. The van der Waals surface area contributed by atoms with Crippen LogP contribution < -0.4 is 0 Å². The fraction of sp³-hybridized carbons (Fsp3) is 0.933. The van der Waals surface area contributed by atoms with E-state index in [1.807, 2.05) is 4.90 Å². The lowest BCUT2D eigenvalue weighted by Gasteiger charge is -2.19. The number of unbranched alkanes of at least 4 members (excludes halogenated alkanes) is 3. The summed E-state index contributed by atoms with van der Waals surface area (Å²) in [6.07, 6.45) is 8.41. The van der Waals surface area contributed by atoms with Crippen LogP contribution in [0.1, 0.15) is 72.6 Å².